The Kier molecular flexibility index (Phi) is 3.21. The van der Waals surface area contributed by atoms with Crippen LogP contribution in [0.3, 0.4) is 0 Å². The van der Waals surface area contributed by atoms with Crippen LogP contribution in [0.5, 0.6) is 0 Å². The van der Waals surface area contributed by atoms with Gasteiger partial charge in [-0.2, -0.15) is 9.61 Å². The molecule has 0 N–H and O–H groups in total. The van der Waals surface area contributed by atoms with Crippen LogP contribution < -0.4 is 9.80 Å². The molecule has 6 heterocycles. The van der Waals surface area contributed by atoms with E-state index in [2.05, 4.69) is 34.8 Å². The first-order chi connectivity index (χ1) is 11.7. The number of hydrogen-bond donors (Lipinski definition) is 0. The molecular weight excluding hydrogens is 306 g/mol. The maximum Gasteiger partial charge on any atom is 0.162 e. The quantitative estimate of drug-likeness (QED) is 0.826. The lowest BCUT2D eigenvalue weighted by atomic mass is 9.99. The lowest BCUT2D eigenvalue weighted by Crippen LogP contribution is -2.57. The second-order valence-corrected chi connectivity index (χ2v) is 7.17. The Morgan fingerprint density at radius 2 is 2.04 bits per heavy atom. The van der Waals surface area contributed by atoms with Crippen molar-refractivity contribution in [1.82, 2.24) is 14.6 Å². The van der Waals surface area contributed by atoms with Crippen molar-refractivity contribution in [3.63, 3.8) is 0 Å². The molecule has 3 unspecified atom stereocenters. The topological polar surface area (TPSA) is 55.1 Å². The number of hydrogen-bond acceptors (Lipinski definition) is 6. The molecule has 6 rings (SSSR count). The highest BCUT2D eigenvalue weighted by Crippen LogP contribution is 2.33. The standard InChI is InChI=1S/C17H23N5O2/c1-11-7-18-22-16(21-3-4-23-10-12(21)2)6-15(19-17(11)22)20-8-13-5-14(9-20)24-13/h6-7,12-14H,3-5,8-10H2,1-2H3. The molecule has 0 aliphatic carbocycles. The lowest BCUT2D eigenvalue weighted by molar-refractivity contribution is -0.133. The van der Waals surface area contributed by atoms with Crippen molar-refractivity contribution in [2.45, 2.75) is 38.5 Å². The van der Waals surface area contributed by atoms with Crippen LogP contribution in [0.1, 0.15) is 18.9 Å². The first-order valence-electron chi connectivity index (χ1n) is 8.79. The first-order valence-corrected chi connectivity index (χ1v) is 8.79. The predicted molar refractivity (Wildman–Crippen MR) is 90.8 cm³/mol. The number of morpholine rings is 2. The molecule has 0 aromatic carbocycles. The number of rotatable bonds is 2. The van der Waals surface area contributed by atoms with Crippen molar-refractivity contribution in [2.75, 3.05) is 42.6 Å². The van der Waals surface area contributed by atoms with Crippen molar-refractivity contribution < 1.29 is 9.47 Å². The van der Waals surface area contributed by atoms with E-state index < -0.39 is 0 Å². The van der Waals surface area contributed by atoms with Crippen LogP contribution in [-0.4, -0.2) is 65.7 Å². The van der Waals surface area contributed by atoms with E-state index in [1.54, 1.807) is 0 Å². The summed E-state index contributed by atoms with van der Waals surface area (Å²) in [5, 5.41) is 4.57. The zero-order valence-electron chi connectivity index (χ0n) is 14.2. The normalized spacial score (nSPS) is 29.8. The average Bonchev–Trinajstić information content (AvgIpc) is 2.96. The Balaban J connectivity index is 1.59. The van der Waals surface area contributed by atoms with Crippen LogP contribution in [-0.2, 0) is 9.47 Å². The van der Waals surface area contributed by atoms with Crippen LogP contribution >= 0.6 is 0 Å². The highest BCUT2D eigenvalue weighted by Gasteiger charge is 2.39. The number of ether oxygens (including phenoxy) is 2. The summed E-state index contributed by atoms with van der Waals surface area (Å²) in [6, 6.07) is 2.52. The third-order valence-corrected chi connectivity index (χ3v) is 5.36. The van der Waals surface area contributed by atoms with E-state index in [0.29, 0.717) is 18.2 Å². The molecule has 0 spiro atoms. The summed E-state index contributed by atoms with van der Waals surface area (Å²) in [5.41, 5.74) is 2.05. The molecule has 0 radical (unpaired) electrons. The maximum absolute atomic E-state index is 5.77. The van der Waals surface area contributed by atoms with Crippen molar-refractivity contribution in [2.24, 2.45) is 0 Å². The fourth-order valence-corrected chi connectivity index (χ4v) is 4.02. The molecule has 0 amide bonds. The smallest absolute Gasteiger partial charge is 0.162 e. The fraction of sp³-hybridized carbons (Fsp3) is 0.647. The molecule has 7 nitrogen and oxygen atoms in total. The molecule has 128 valence electrons. The minimum absolute atomic E-state index is 0.333. The van der Waals surface area contributed by atoms with Gasteiger partial charge in [0.2, 0.25) is 0 Å². The lowest BCUT2D eigenvalue weighted by Gasteiger charge is -2.47. The zero-order valence-corrected chi connectivity index (χ0v) is 14.2. The van der Waals surface area contributed by atoms with Gasteiger partial charge in [0.25, 0.3) is 0 Å². The van der Waals surface area contributed by atoms with E-state index in [9.17, 15) is 0 Å². The summed E-state index contributed by atoms with van der Waals surface area (Å²) < 4.78 is 13.3. The van der Waals surface area contributed by atoms with E-state index in [1.807, 2.05) is 10.7 Å². The van der Waals surface area contributed by atoms with Crippen molar-refractivity contribution in [3.8, 4) is 0 Å². The van der Waals surface area contributed by atoms with Gasteiger partial charge in [-0.05, 0) is 13.8 Å². The first kappa shape index (κ1) is 14.5. The Labute approximate surface area is 141 Å². The fourth-order valence-electron chi connectivity index (χ4n) is 4.02. The van der Waals surface area contributed by atoms with Gasteiger partial charge in [-0.3, -0.25) is 0 Å². The van der Waals surface area contributed by atoms with E-state index in [4.69, 9.17) is 14.5 Å². The molecule has 3 atom stereocenters. The minimum atomic E-state index is 0.333. The molecule has 4 aliphatic heterocycles. The molecule has 2 bridgehead atoms. The van der Waals surface area contributed by atoms with Crippen molar-refractivity contribution in [3.05, 3.63) is 17.8 Å². The van der Waals surface area contributed by atoms with Gasteiger partial charge in [-0.1, -0.05) is 0 Å². The molecule has 0 saturated carbocycles. The summed E-state index contributed by atoms with van der Waals surface area (Å²) in [5.74, 6) is 2.15. The van der Waals surface area contributed by atoms with Crippen LogP contribution in [0, 0.1) is 6.92 Å². The second kappa shape index (κ2) is 5.32. The molecule has 2 aromatic rings. The summed E-state index contributed by atoms with van der Waals surface area (Å²) in [7, 11) is 0. The highest BCUT2D eigenvalue weighted by atomic mass is 16.5. The molecular formula is C17H23N5O2. The monoisotopic (exact) mass is 329 g/mol. The summed E-state index contributed by atoms with van der Waals surface area (Å²) in [4.78, 5) is 9.66. The Hall–Kier alpha value is -1.86. The number of anilines is 2. The van der Waals surface area contributed by atoms with E-state index in [-0.39, 0.29) is 0 Å². The average molecular weight is 329 g/mol. The van der Waals surface area contributed by atoms with Crippen molar-refractivity contribution >= 4 is 17.3 Å². The van der Waals surface area contributed by atoms with E-state index >= 15 is 0 Å². The Morgan fingerprint density at radius 1 is 1.25 bits per heavy atom. The number of nitrogens with zero attached hydrogens (tertiary/aromatic N) is 5. The van der Waals surface area contributed by atoms with Gasteiger partial charge in [0.1, 0.15) is 11.6 Å². The SMILES string of the molecule is Cc1cnn2c(N3CCOCC3C)cc(N3CC4CC(C3)O4)nc12. The number of aromatic nitrogens is 3. The van der Waals surface area contributed by atoms with E-state index in [1.165, 1.54) is 6.42 Å². The van der Waals surface area contributed by atoms with Crippen LogP contribution in [0.4, 0.5) is 11.6 Å². The second-order valence-electron chi connectivity index (χ2n) is 7.17. The molecule has 7 heteroatoms. The zero-order chi connectivity index (χ0) is 16.3. The van der Waals surface area contributed by atoms with Crippen molar-refractivity contribution in [1.29, 1.82) is 0 Å². The van der Waals surface area contributed by atoms with Crippen LogP contribution in [0.2, 0.25) is 0 Å². The van der Waals surface area contributed by atoms with Crippen LogP contribution in [0.25, 0.3) is 5.65 Å². The molecule has 24 heavy (non-hydrogen) atoms. The summed E-state index contributed by atoms with van der Waals surface area (Å²) in [6.45, 7) is 8.53. The Morgan fingerprint density at radius 3 is 2.79 bits per heavy atom. The van der Waals surface area contributed by atoms with Gasteiger partial charge >= 0.3 is 0 Å². The predicted octanol–water partition coefficient (Wildman–Crippen LogP) is 1.24. The van der Waals surface area contributed by atoms with Gasteiger partial charge in [-0.25, -0.2) is 4.98 Å². The Bertz CT molecular complexity index is 760. The molecule has 4 saturated heterocycles. The third kappa shape index (κ3) is 2.18. The number of piperidine rings is 1. The molecule has 4 aliphatic rings. The van der Waals surface area contributed by atoms with Gasteiger partial charge in [0.05, 0.1) is 37.7 Å². The van der Waals surface area contributed by atoms with E-state index in [0.717, 1.165) is 55.7 Å². The third-order valence-electron chi connectivity index (χ3n) is 5.36. The van der Waals surface area contributed by atoms with Gasteiger partial charge in [0.15, 0.2) is 5.65 Å². The number of fused-ring (bicyclic) bond motifs is 3. The van der Waals surface area contributed by atoms with Gasteiger partial charge < -0.3 is 19.3 Å². The van der Waals surface area contributed by atoms with Gasteiger partial charge in [0, 0.05) is 37.7 Å². The highest BCUT2D eigenvalue weighted by molar-refractivity contribution is 5.62. The number of aryl methyl sites for hydroxylation is 1. The summed E-state index contributed by atoms with van der Waals surface area (Å²) >= 11 is 0. The van der Waals surface area contributed by atoms with Gasteiger partial charge in [-0.15, -0.1) is 0 Å². The molecule has 2 aromatic heterocycles. The largest absolute Gasteiger partial charge is 0.377 e. The summed E-state index contributed by atoms with van der Waals surface area (Å²) in [6.07, 6.45) is 3.84. The molecule has 4 fully saturated rings. The maximum atomic E-state index is 5.77. The minimum Gasteiger partial charge on any atom is -0.377 e. The van der Waals surface area contributed by atoms with Crippen LogP contribution in [0.15, 0.2) is 12.3 Å².